The number of benzene rings is 2. The van der Waals surface area contributed by atoms with Crippen molar-refractivity contribution in [3.8, 4) is 0 Å². The highest BCUT2D eigenvalue weighted by Gasteiger charge is 2.57. The molecule has 1 spiro atoms. The molecule has 27 heavy (non-hydrogen) atoms. The first-order valence-electron chi connectivity index (χ1n) is 8.61. The highest BCUT2D eigenvalue weighted by atomic mass is 16.4. The van der Waals surface area contributed by atoms with Gasteiger partial charge >= 0.3 is 5.97 Å². The Morgan fingerprint density at radius 2 is 1.78 bits per heavy atom. The molecule has 2 heterocycles. The van der Waals surface area contributed by atoms with Crippen LogP contribution in [0.2, 0.25) is 0 Å². The Morgan fingerprint density at radius 3 is 2.52 bits per heavy atom. The Balaban J connectivity index is 1.80. The molecule has 2 aromatic rings. The van der Waals surface area contributed by atoms with Crippen LogP contribution in [0.25, 0.3) is 0 Å². The molecule has 0 fully saturated rings. The molecule has 0 aliphatic carbocycles. The maximum atomic E-state index is 13.0. The summed E-state index contributed by atoms with van der Waals surface area (Å²) in [5, 5.41) is 17.4. The molecule has 0 saturated heterocycles. The van der Waals surface area contributed by atoms with E-state index < -0.39 is 17.4 Å². The van der Waals surface area contributed by atoms with Gasteiger partial charge in [0.2, 0.25) is 5.91 Å². The molecule has 0 saturated carbocycles. The molecule has 4 rings (SSSR count). The first kappa shape index (κ1) is 17.0. The third-order valence-electron chi connectivity index (χ3n) is 4.90. The van der Waals surface area contributed by atoms with Crippen LogP contribution in [0, 0.1) is 0 Å². The van der Waals surface area contributed by atoms with Gasteiger partial charge in [0.25, 0.3) is 5.91 Å². The molecule has 0 aromatic heterocycles. The van der Waals surface area contributed by atoms with E-state index >= 15 is 0 Å². The fourth-order valence-corrected chi connectivity index (χ4v) is 3.62. The zero-order valence-corrected chi connectivity index (χ0v) is 14.4. The summed E-state index contributed by atoms with van der Waals surface area (Å²) in [5.41, 5.74) is 1.47. The van der Waals surface area contributed by atoms with Crippen LogP contribution < -0.4 is 5.32 Å². The minimum atomic E-state index is -1.28. The average molecular weight is 363 g/mol. The molecular formula is C20H17N3O4. The molecule has 2 aliphatic heterocycles. The third-order valence-corrected chi connectivity index (χ3v) is 4.90. The number of amides is 2. The molecule has 7 heteroatoms. The lowest BCUT2D eigenvalue weighted by Crippen LogP contribution is -2.48. The predicted octanol–water partition coefficient (Wildman–Crippen LogP) is 2.34. The fraction of sp³-hybridized carbons (Fsp3) is 0.200. The number of rotatable bonds is 4. The summed E-state index contributed by atoms with van der Waals surface area (Å²) in [6.45, 7) is 0. The quantitative estimate of drug-likeness (QED) is 0.871. The number of carboxylic acid groups (broad SMARTS) is 1. The molecule has 0 bridgehead atoms. The van der Waals surface area contributed by atoms with E-state index in [4.69, 9.17) is 5.11 Å². The molecule has 0 radical (unpaired) electrons. The Bertz CT molecular complexity index is 970. The number of carboxylic acids is 1. The monoisotopic (exact) mass is 363 g/mol. The summed E-state index contributed by atoms with van der Waals surface area (Å²) in [5.74, 6) is -1.89. The van der Waals surface area contributed by atoms with E-state index in [0.717, 1.165) is 5.56 Å². The molecule has 1 atom stereocenters. The number of nitrogens with one attached hydrogen (secondary N) is 1. The zero-order chi connectivity index (χ0) is 19.0. The Labute approximate surface area is 155 Å². The molecule has 136 valence electrons. The molecular weight excluding hydrogens is 346 g/mol. The summed E-state index contributed by atoms with van der Waals surface area (Å²) in [6.07, 6.45) is -0.304. The van der Waals surface area contributed by atoms with Gasteiger partial charge in [-0.25, -0.2) is 5.01 Å². The Hall–Kier alpha value is -3.48. The van der Waals surface area contributed by atoms with Crippen molar-refractivity contribution >= 4 is 29.2 Å². The van der Waals surface area contributed by atoms with Gasteiger partial charge in [0.05, 0.1) is 12.1 Å². The van der Waals surface area contributed by atoms with E-state index in [-0.39, 0.29) is 25.2 Å². The van der Waals surface area contributed by atoms with Gasteiger partial charge in [-0.3, -0.25) is 14.4 Å². The van der Waals surface area contributed by atoms with E-state index in [0.29, 0.717) is 17.0 Å². The van der Waals surface area contributed by atoms with Crippen LogP contribution >= 0.6 is 0 Å². The summed E-state index contributed by atoms with van der Waals surface area (Å²) < 4.78 is 0. The number of para-hydroxylation sites is 1. The van der Waals surface area contributed by atoms with Gasteiger partial charge in [-0.1, -0.05) is 48.5 Å². The van der Waals surface area contributed by atoms with Gasteiger partial charge in [-0.05, 0) is 11.6 Å². The maximum absolute atomic E-state index is 13.0. The smallest absolute Gasteiger partial charge is 0.303 e. The van der Waals surface area contributed by atoms with Crippen molar-refractivity contribution in [1.82, 2.24) is 5.01 Å². The van der Waals surface area contributed by atoms with Crippen molar-refractivity contribution in [2.75, 3.05) is 5.32 Å². The second kappa shape index (κ2) is 6.35. The van der Waals surface area contributed by atoms with Gasteiger partial charge in [0.15, 0.2) is 5.54 Å². The number of hydrogen-bond acceptors (Lipinski definition) is 4. The number of anilines is 1. The topological polar surface area (TPSA) is 99.1 Å². The third kappa shape index (κ3) is 2.68. The maximum Gasteiger partial charge on any atom is 0.303 e. The lowest BCUT2D eigenvalue weighted by atomic mass is 9.85. The average Bonchev–Trinajstić information content (AvgIpc) is 3.21. The summed E-state index contributed by atoms with van der Waals surface area (Å²) in [6, 6.07) is 16.5. The first-order chi connectivity index (χ1) is 13.0. The second-order valence-corrected chi connectivity index (χ2v) is 6.55. The summed E-state index contributed by atoms with van der Waals surface area (Å²) >= 11 is 0. The van der Waals surface area contributed by atoms with Gasteiger partial charge in [0.1, 0.15) is 0 Å². The van der Waals surface area contributed by atoms with Crippen LogP contribution in [-0.2, 0) is 19.9 Å². The van der Waals surface area contributed by atoms with Crippen LogP contribution in [0.4, 0.5) is 5.69 Å². The molecule has 2 amide bonds. The van der Waals surface area contributed by atoms with Crippen LogP contribution in [0.3, 0.4) is 0 Å². The van der Waals surface area contributed by atoms with Gasteiger partial charge in [-0.15, -0.1) is 0 Å². The van der Waals surface area contributed by atoms with Crippen LogP contribution in [0.1, 0.15) is 30.4 Å². The minimum absolute atomic E-state index is 0.224. The fourth-order valence-electron chi connectivity index (χ4n) is 3.62. The molecule has 2 aromatic carbocycles. The Kier molecular flexibility index (Phi) is 3.99. The van der Waals surface area contributed by atoms with Crippen LogP contribution in [-0.4, -0.2) is 33.6 Å². The van der Waals surface area contributed by atoms with E-state index in [1.807, 2.05) is 36.4 Å². The predicted molar refractivity (Wildman–Crippen MR) is 98.1 cm³/mol. The van der Waals surface area contributed by atoms with Crippen LogP contribution in [0.15, 0.2) is 59.7 Å². The minimum Gasteiger partial charge on any atom is -0.481 e. The van der Waals surface area contributed by atoms with Crippen molar-refractivity contribution in [3.05, 3.63) is 65.7 Å². The highest BCUT2D eigenvalue weighted by molar-refractivity contribution is 6.15. The van der Waals surface area contributed by atoms with E-state index in [1.54, 1.807) is 18.2 Å². The SMILES string of the molecule is O=C(O)CCC(=O)N1N=C(c2ccccc2)C[C@@]12C(=O)Nc1ccccc12. The van der Waals surface area contributed by atoms with Gasteiger partial charge in [0, 0.05) is 24.1 Å². The normalized spacial score (nSPS) is 20.4. The Morgan fingerprint density at radius 1 is 1.07 bits per heavy atom. The van der Waals surface area contributed by atoms with Crippen molar-refractivity contribution in [3.63, 3.8) is 0 Å². The van der Waals surface area contributed by atoms with Crippen molar-refractivity contribution < 1.29 is 19.5 Å². The largest absolute Gasteiger partial charge is 0.481 e. The summed E-state index contributed by atoms with van der Waals surface area (Å²) in [4.78, 5) is 36.7. The number of carbonyl (C=O) groups excluding carboxylic acids is 2. The number of aliphatic carboxylic acids is 1. The van der Waals surface area contributed by atoms with E-state index in [2.05, 4.69) is 10.4 Å². The number of hydrazone groups is 1. The van der Waals surface area contributed by atoms with Crippen molar-refractivity contribution in [2.45, 2.75) is 24.8 Å². The number of nitrogens with zero attached hydrogens (tertiary/aromatic N) is 2. The van der Waals surface area contributed by atoms with Gasteiger partial charge in [-0.2, -0.15) is 5.10 Å². The first-order valence-corrected chi connectivity index (χ1v) is 8.61. The highest BCUT2D eigenvalue weighted by Crippen LogP contribution is 2.47. The van der Waals surface area contributed by atoms with Crippen molar-refractivity contribution in [2.24, 2.45) is 5.10 Å². The number of carbonyl (C=O) groups is 3. The van der Waals surface area contributed by atoms with Gasteiger partial charge < -0.3 is 10.4 Å². The standard InChI is InChI=1S/C20H17N3O4/c24-17(10-11-18(25)26)23-20(12-16(22-23)13-6-2-1-3-7-13)14-8-4-5-9-15(14)21-19(20)27/h1-9H,10-12H2,(H,21,27)(H,25,26)/t20-/m1/s1. The second-order valence-electron chi connectivity index (χ2n) is 6.55. The molecule has 0 unspecified atom stereocenters. The summed E-state index contributed by atoms with van der Waals surface area (Å²) in [7, 11) is 0. The molecule has 2 aliphatic rings. The van der Waals surface area contributed by atoms with Crippen LogP contribution in [0.5, 0.6) is 0 Å². The zero-order valence-electron chi connectivity index (χ0n) is 14.4. The molecule has 7 nitrogen and oxygen atoms in total. The van der Waals surface area contributed by atoms with Crippen molar-refractivity contribution in [1.29, 1.82) is 0 Å². The lowest BCUT2D eigenvalue weighted by molar-refractivity contribution is -0.146. The van der Waals surface area contributed by atoms with E-state index in [9.17, 15) is 14.4 Å². The number of fused-ring (bicyclic) bond motifs is 2. The lowest BCUT2D eigenvalue weighted by Gasteiger charge is -2.30. The number of hydrogen-bond donors (Lipinski definition) is 2. The molecule has 2 N–H and O–H groups in total. The van der Waals surface area contributed by atoms with E-state index in [1.165, 1.54) is 5.01 Å².